The maximum absolute atomic E-state index is 12.5. The van der Waals surface area contributed by atoms with Crippen LogP contribution in [0.1, 0.15) is 17.4 Å². The molecule has 1 aromatic carbocycles. The van der Waals surface area contributed by atoms with Crippen molar-refractivity contribution in [3.63, 3.8) is 0 Å². The van der Waals surface area contributed by atoms with E-state index in [1.165, 1.54) is 23.5 Å². The standard InChI is InChI=1S/C14H13F3N4S/c1-8(20-21-13(18)19)11-6-7-12(22-11)9-2-4-10(5-3-9)14(15,16)17/h2-7H,1H3,(H4,18,19,21)/b20-8+. The molecule has 0 fully saturated rings. The Kier molecular flexibility index (Phi) is 4.51. The SMILES string of the molecule is C/C(=N\N=C(N)N)c1ccc(-c2ccc(C(F)(F)F)cc2)s1. The van der Waals surface area contributed by atoms with Crippen LogP contribution in [0, 0.1) is 0 Å². The molecule has 0 aliphatic heterocycles. The zero-order valence-corrected chi connectivity index (χ0v) is 12.4. The number of halogens is 3. The van der Waals surface area contributed by atoms with Crippen molar-refractivity contribution in [3.8, 4) is 10.4 Å². The van der Waals surface area contributed by atoms with E-state index in [9.17, 15) is 13.2 Å². The summed E-state index contributed by atoms with van der Waals surface area (Å²) in [4.78, 5) is 1.67. The summed E-state index contributed by atoms with van der Waals surface area (Å²) in [5, 5.41) is 7.43. The summed E-state index contributed by atoms with van der Waals surface area (Å²) in [5.74, 6) is -0.140. The van der Waals surface area contributed by atoms with Crippen LogP contribution in [0.15, 0.2) is 46.6 Å². The molecule has 4 nitrogen and oxygen atoms in total. The van der Waals surface area contributed by atoms with E-state index in [1.807, 2.05) is 12.1 Å². The Balaban J connectivity index is 2.25. The maximum Gasteiger partial charge on any atom is 0.416 e. The third-order valence-corrected chi connectivity index (χ3v) is 4.02. The van der Waals surface area contributed by atoms with Gasteiger partial charge in [-0.3, -0.25) is 0 Å². The zero-order chi connectivity index (χ0) is 16.3. The monoisotopic (exact) mass is 326 g/mol. The topological polar surface area (TPSA) is 76.8 Å². The van der Waals surface area contributed by atoms with Crippen LogP contribution in [0.2, 0.25) is 0 Å². The smallest absolute Gasteiger partial charge is 0.369 e. The van der Waals surface area contributed by atoms with Gasteiger partial charge < -0.3 is 11.5 Å². The van der Waals surface area contributed by atoms with Crippen molar-refractivity contribution in [2.24, 2.45) is 21.7 Å². The minimum Gasteiger partial charge on any atom is -0.369 e. The van der Waals surface area contributed by atoms with Gasteiger partial charge in [0.25, 0.3) is 0 Å². The van der Waals surface area contributed by atoms with Crippen LogP contribution < -0.4 is 11.5 Å². The number of hydrogen-bond acceptors (Lipinski definition) is 3. The van der Waals surface area contributed by atoms with Crippen LogP contribution in [0.3, 0.4) is 0 Å². The first-order valence-corrected chi connectivity index (χ1v) is 7.00. The van der Waals surface area contributed by atoms with Gasteiger partial charge in [0.05, 0.1) is 16.2 Å². The third-order valence-electron chi connectivity index (χ3n) is 2.77. The molecule has 0 aliphatic carbocycles. The molecule has 4 N–H and O–H groups in total. The number of nitrogens with two attached hydrogens (primary N) is 2. The lowest BCUT2D eigenvalue weighted by atomic mass is 10.1. The predicted molar refractivity (Wildman–Crippen MR) is 82.8 cm³/mol. The molecule has 1 aromatic heterocycles. The average Bonchev–Trinajstić information content (AvgIpc) is 2.93. The van der Waals surface area contributed by atoms with E-state index in [0.29, 0.717) is 11.3 Å². The molecular weight excluding hydrogens is 313 g/mol. The van der Waals surface area contributed by atoms with Crippen LogP contribution in [0.4, 0.5) is 13.2 Å². The minimum absolute atomic E-state index is 0.140. The lowest BCUT2D eigenvalue weighted by molar-refractivity contribution is -0.137. The molecule has 0 spiro atoms. The number of rotatable bonds is 3. The first-order chi connectivity index (χ1) is 10.3. The second-order valence-electron chi connectivity index (χ2n) is 4.45. The van der Waals surface area contributed by atoms with E-state index >= 15 is 0 Å². The molecule has 0 radical (unpaired) electrons. The van der Waals surface area contributed by atoms with Gasteiger partial charge in [0, 0.05) is 4.88 Å². The molecule has 0 aliphatic rings. The highest BCUT2D eigenvalue weighted by Gasteiger charge is 2.29. The van der Waals surface area contributed by atoms with Gasteiger partial charge in [0.2, 0.25) is 5.96 Å². The highest BCUT2D eigenvalue weighted by Crippen LogP contribution is 2.33. The van der Waals surface area contributed by atoms with Gasteiger partial charge >= 0.3 is 6.18 Å². The Labute approximate surface area is 129 Å². The number of nitrogens with zero attached hydrogens (tertiary/aromatic N) is 2. The second kappa shape index (κ2) is 6.18. The van der Waals surface area contributed by atoms with Gasteiger partial charge in [-0.25, -0.2) is 0 Å². The quantitative estimate of drug-likeness (QED) is 0.515. The molecular formula is C14H13F3N4S. The van der Waals surface area contributed by atoms with Gasteiger partial charge in [-0.2, -0.15) is 18.3 Å². The number of benzene rings is 1. The number of guanidine groups is 1. The van der Waals surface area contributed by atoms with E-state index in [4.69, 9.17) is 11.5 Å². The summed E-state index contributed by atoms with van der Waals surface area (Å²) in [6.45, 7) is 1.74. The summed E-state index contributed by atoms with van der Waals surface area (Å²) >= 11 is 1.40. The van der Waals surface area contributed by atoms with Crippen molar-refractivity contribution in [2.75, 3.05) is 0 Å². The summed E-state index contributed by atoms with van der Waals surface area (Å²) in [7, 11) is 0. The van der Waals surface area contributed by atoms with Crippen LogP contribution in [0.5, 0.6) is 0 Å². The average molecular weight is 326 g/mol. The van der Waals surface area contributed by atoms with Gasteiger partial charge in [-0.15, -0.1) is 16.4 Å². The highest BCUT2D eigenvalue weighted by molar-refractivity contribution is 7.17. The lowest BCUT2D eigenvalue weighted by Crippen LogP contribution is -2.22. The molecule has 0 unspecified atom stereocenters. The van der Waals surface area contributed by atoms with Gasteiger partial charge in [-0.1, -0.05) is 12.1 Å². The molecule has 22 heavy (non-hydrogen) atoms. The van der Waals surface area contributed by atoms with Crippen molar-refractivity contribution in [1.29, 1.82) is 0 Å². The van der Waals surface area contributed by atoms with Crippen LogP contribution in [0.25, 0.3) is 10.4 Å². The normalized spacial score (nSPS) is 12.3. The number of thiophene rings is 1. The molecule has 0 bridgehead atoms. The highest BCUT2D eigenvalue weighted by atomic mass is 32.1. The summed E-state index contributed by atoms with van der Waals surface area (Å²) in [6, 6.07) is 8.65. The van der Waals surface area contributed by atoms with E-state index in [-0.39, 0.29) is 5.96 Å². The molecule has 0 amide bonds. The molecule has 0 saturated carbocycles. The Morgan fingerprint density at radius 1 is 1.00 bits per heavy atom. The fourth-order valence-corrected chi connectivity index (χ4v) is 2.64. The van der Waals surface area contributed by atoms with E-state index in [2.05, 4.69) is 10.2 Å². The molecule has 8 heteroatoms. The molecule has 116 valence electrons. The first-order valence-electron chi connectivity index (χ1n) is 6.18. The third kappa shape index (κ3) is 3.85. The molecule has 0 atom stereocenters. The van der Waals surface area contributed by atoms with E-state index in [1.54, 1.807) is 6.92 Å². The summed E-state index contributed by atoms with van der Waals surface area (Å²) in [5.41, 5.74) is 11.1. The molecule has 0 saturated heterocycles. The van der Waals surface area contributed by atoms with E-state index < -0.39 is 11.7 Å². The fraction of sp³-hybridized carbons (Fsp3) is 0.143. The van der Waals surface area contributed by atoms with Gasteiger partial charge in [0.15, 0.2) is 0 Å². The van der Waals surface area contributed by atoms with Crippen molar-refractivity contribution < 1.29 is 13.2 Å². The minimum atomic E-state index is -4.33. The Morgan fingerprint density at radius 3 is 2.18 bits per heavy atom. The molecule has 2 rings (SSSR count). The summed E-state index contributed by atoms with van der Waals surface area (Å²) < 4.78 is 37.6. The number of hydrogen-bond donors (Lipinski definition) is 2. The number of alkyl halides is 3. The Hall–Kier alpha value is -2.35. The second-order valence-corrected chi connectivity index (χ2v) is 5.53. The molecule has 1 heterocycles. The lowest BCUT2D eigenvalue weighted by Gasteiger charge is -2.06. The largest absolute Gasteiger partial charge is 0.416 e. The maximum atomic E-state index is 12.5. The first kappa shape index (κ1) is 16.0. The van der Waals surface area contributed by atoms with Gasteiger partial charge in [0.1, 0.15) is 0 Å². The van der Waals surface area contributed by atoms with Crippen LogP contribution in [-0.2, 0) is 6.18 Å². The summed E-state index contributed by atoms with van der Waals surface area (Å²) in [6.07, 6.45) is -4.33. The molecule has 2 aromatic rings. The Bertz CT molecular complexity index is 710. The predicted octanol–water partition coefficient (Wildman–Crippen LogP) is 3.43. The van der Waals surface area contributed by atoms with Crippen LogP contribution in [-0.4, -0.2) is 11.7 Å². The Morgan fingerprint density at radius 2 is 1.64 bits per heavy atom. The van der Waals surface area contributed by atoms with Crippen molar-refractivity contribution >= 4 is 23.0 Å². The van der Waals surface area contributed by atoms with Gasteiger partial charge in [-0.05, 0) is 36.8 Å². The van der Waals surface area contributed by atoms with Crippen molar-refractivity contribution in [1.82, 2.24) is 0 Å². The van der Waals surface area contributed by atoms with Crippen LogP contribution >= 0.6 is 11.3 Å². The zero-order valence-electron chi connectivity index (χ0n) is 11.6. The van der Waals surface area contributed by atoms with Crippen molar-refractivity contribution in [3.05, 3.63) is 46.8 Å². The fourth-order valence-electron chi connectivity index (χ4n) is 1.69. The van der Waals surface area contributed by atoms with Crippen molar-refractivity contribution in [2.45, 2.75) is 13.1 Å². The van der Waals surface area contributed by atoms with E-state index in [0.717, 1.165) is 21.9 Å².